The van der Waals surface area contributed by atoms with Gasteiger partial charge in [-0.15, -0.1) is 0 Å². The molecule has 0 aliphatic heterocycles. The Morgan fingerprint density at radius 2 is 0.950 bits per heavy atom. The quantitative estimate of drug-likeness (QED) is 0.0573. The summed E-state index contributed by atoms with van der Waals surface area (Å²) in [7, 11) is 0. The van der Waals surface area contributed by atoms with Crippen LogP contribution in [0, 0.1) is 23.7 Å². The van der Waals surface area contributed by atoms with Crippen LogP contribution in [0.15, 0.2) is 24.3 Å². The van der Waals surface area contributed by atoms with E-state index >= 15 is 0 Å². The van der Waals surface area contributed by atoms with Gasteiger partial charge in [0.05, 0.1) is 12.1 Å². The Kier molecular flexibility index (Phi) is 22.3. The predicted octanol–water partition coefficient (Wildman–Crippen LogP) is -0.304. The molecule has 0 saturated carbocycles. The number of nitrogens with two attached hydrogens (primary N) is 2. The van der Waals surface area contributed by atoms with Crippen molar-refractivity contribution in [3.63, 3.8) is 0 Å². The van der Waals surface area contributed by atoms with Crippen LogP contribution >= 0.6 is 0 Å². The molecule has 60 heavy (non-hydrogen) atoms. The average molecular weight is 849 g/mol. The van der Waals surface area contributed by atoms with Gasteiger partial charge >= 0.3 is 5.97 Å². The zero-order chi connectivity index (χ0) is 46.0. The highest BCUT2D eigenvalue weighted by molar-refractivity contribution is 5.97. The molecule has 0 bridgehead atoms. The molecule has 0 unspecified atom stereocenters. The number of amides is 7. The van der Waals surface area contributed by atoms with E-state index in [1.165, 1.54) is 19.1 Å². The molecular weight excluding hydrogens is 780 g/mol. The third-order valence-electron chi connectivity index (χ3n) is 9.35. The van der Waals surface area contributed by atoms with Crippen molar-refractivity contribution in [2.45, 2.75) is 149 Å². The van der Waals surface area contributed by atoms with Crippen LogP contribution in [0.2, 0.25) is 0 Å². The molecule has 0 aromatic heterocycles. The van der Waals surface area contributed by atoms with Gasteiger partial charge in [-0.25, -0.2) is 4.79 Å². The molecule has 1 rings (SSSR count). The number of carbonyl (C=O) groups excluding carboxylic acids is 7. The summed E-state index contributed by atoms with van der Waals surface area (Å²) in [5.74, 6) is -7.73. The Morgan fingerprint density at radius 1 is 0.567 bits per heavy atom. The number of benzene rings is 1. The van der Waals surface area contributed by atoms with Gasteiger partial charge in [-0.2, -0.15) is 0 Å². The number of primary amides is 1. The Labute approximate surface area is 352 Å². The zero-order valence-corrected chi connectivity index (χ0v) is 36.2. The summed E-state index contributed by atoms with van der Waals surface area (Å²) in [6.45, 7) is 15.3. The molecule has 0 aliphatic rings. The van der Waals surface area contributed by atoms with Crippen LogP contribution in [0.25, 0.3) is 0 Å². The van der Waals surface area contributed by atoms with Crippen LogP contribution in [-0.4, -0.2) is 111 Å². The molecule has 338 valence electrons. The lowest BCUT2D eigenvalue weighted by Crippen LogP contribution is -2.61. The van der Waals surface area contributed by atoms with Gasteiger partial charge in [-0.1, -0.05) is 67.5 Å². The number of phenolic OH excluding ortho intramolecular Hbond substituents is 1. The summed E-state index contributed by atoms with van der Waals surface area (Å²) in [5.41, 5.74) is 12.2. The fraction of sp³-hybridized carbons (Fsp3) is 0.659. The van der Waals surface area contributed by atoms with E-state index in [2.05, 4.69) is 31.9 Å². The van der Waals surface area contributed by atoms with Gasteiger partial charge in [-0.3, -0.25) is 33.6 Å². The summed E-state index contributed by atoms with van der Waals surface area (Å²) < 4.78 is 0. The first-order valence-electron chi connectivity index (χ1n) is 20.4. The number of carboxylic acids is 1. The van der Waals surface area contributed by atoms with E-state index in [9.17, 15) is 53.7 Å². The molecule has 1 aromatic rings. The van der Waals surface area contributed by atoms with Gasteiger partial charge < -0.3 is 58.7 Å². The lowest BCUT2D eigenvalue weighted by atomic mass is 9.98. The van der Waals surface area contributed by atoms with Gasteiger partial charge in [0.25, 0.3) is 0 Å². The number of rotatable bonds is 26. The topological polar surface area (TPSA) is 321 Å². The molecule has 0 fully saturated rings. The summed E-state index contributed by atoms with van der Waals surface area (Å²) in [6.07, 6.45) is -1.53. The van der Waals surface area contributed by atoms with Gasteiger partial charge in [0.15, 0.2) is 6.04 Å². The van der Waals surface area contributed by atoms with Crippen LogP contribution in [-0.2, 0) is 44.8 Å². The number of hydrogen-bond acceptors (Lipinski definition) is 11. The first kappa shape index (κ1) is 52.7. The monoisotopic (exact) mass is 849 g/mol. The van der Waals surface area contributed by atoms with Crippen molar-refractivity contribution in [3.05, 3.63) is 29.8 Å². The van der Waals surface area contributed by atoms with Crippen LogP contribution in [0.1, 0.15) is 100.0 Å². The van der Waals surface area contributed by atoms with Gasteiger partial charge in [-0.05, 0) is 80.4 Å². The number of hydrogen-bond donors (Lipinski definition) is 11. The number of aliphatic hydroxyl groups excluding tert-OH is 1. The maximum absolute atomic E-state index is 13.9. The number of nitrogens with one attached hydrogen (secondary N) is 6. The van der Waals surface area contributed by atoms with E-state index in [0.29, 0.717) is 5.56 Å². The molecule has 0 spiro atoms. The zero-order valence-electron chi connectivity index (χ0n) is 36.2. The SMILES string of the molecule is CC(C)C[C@H](NC(=O)[C@H](CC(C)C)NC(=O)[C@@H](NC(=O)[C@H](CCC(N)=O)NC(=O)[C@H](CC(C)C)NC(=O)[C@@H](N)Cc1ccc(O)cc1)C(C)C)C(=O)N[C@H](C(=O)O)[C@@H](C)O. The maximum Gasteiger partial charge on any atom is 0.328 e. The molecular formula is C41H68N8O11. The van der Waals surface area contributed by atoms with Crippen LogP contribution < -0.4 is 43.4 Å². The number of aliphatic hydroxyl groups is 1. The Morgan fingerprint density at radius 3 is 1.35 bits per heavy atom. The minimum absolute atomic E-state index is 0.0436. The van der Waals surface area contributed by atoms with Crippen molar-refractivity contribution in [2.24, 2.45) is 35.1 Å². The summed E-state index contributed by atoms with van der Waals surface area (Å²) >= 11 is 0. The van der Waals surface area contributed by atoms with E-state index in [0.717, 1.165) is 0 Å². The normalized spacial score (nSPS) is 15.4. The van der Waals surface area contributed by atoms with E-state index < -0.39 is 102 Å². The average Bonchev–Trinajstić information content (AvgIpc) is 3.12. The van der Waals surface area contributed by atoms with E-state index in [4.69, 9.17) is 11.5 Å². The molecule has 13 N–H and O–H groups in total. The number of aromatic hydroxyl groups is 1. The van der Waals surface area contributed by atoms with E-state index in [-0.39, 0.29) is 62.0 Å². The first-order valence-corrected chi connectivity index (χ1v) is 20.4. The lowest BCUT2D eigenvalue weighted by molar-refractivity contribution is -0.145. The molecule has 0 saturated heterocycles. The number of aliphatic carboxylic acids is 1. The fourth-order valence-electron chi connectivity index (χ4n) is 6.16. The second kappa shape index (κ2) is 25.4. The number of carboxylic acid groups (broad SMARTS) is 1. The molecule has 19 heteroatoms. The van der Waals surface area contributed by atoms with Crippen molar-refractivity contribution in [1.82, 2.24) is 31.9 Å². The Balaban J connectivity index is 3.30. The third-order valence-corrected chi connectivity index (χ3v) is 9.35. The Bertz CT molecular complexity index is 1620. The van der Waals surface area contributed by atoms with Crippen molar-refractivity contribution in [3.8, 4) is 5.75 Å². The standard InChI is InChI=1S/C41H68N8O11/c1-20(2)16-29(45-35(53)27(42)19-25-10-12-26(51)13-11-25)37(55)44-28(14-15-32(43)52)36(54)48-33(23(7)8)40(58)47-30(17-21(3)4)38(56)46-31(18-22(5)6)39(57)49-34(24(9)50)41(59)60/h10-13,20-24,27-31,33-34,50-51H,14-19,42H2,1-9H3,(H2,43,52)(H,44,55)(H,45,53)(H,46,56)(H,47,58)(H,48,54)(H,49,57)(H,59,60)/t24-,27+,28+,29+,30+,31+,33+,34+/m1/s1. The van der Waals surface area contributed by atoms with Gasteiger partial charge in [0.1, 0.15) is 36.0 Å². The molecule has 1 aromatic carbocycles. The van der Waals surface area contributed by atoms with Crippen molar-refractivity contribution < 1.29 is 53.7 Å². The fourth-order valence-corrected chi connectivity index (χ4v) is 6.16. The molecule has 0 radical (unpaired) electrons. The number of phenols is 1. The molecule has 7 amide bonds. The minimum Gasteiger partial charge on any atom is -0.508 e. The van der Waals surface area contributed by atoms with Crippen LogP contribution in [0.4, 0.5) is 0 Å². The van der Waals surface area contributed by atoms with Crippen LogP contribution in [0.3, 0.4) is 0 Å². The third kappa shape index (κ3) is 19.2. The highest BCUT2D eigenvalue weighted by Crippen LogP contribution is 2.14. The summed E-state index contributed by atoms with van der Waals surface area (Å²) in [4.78, 5) is 105. The largest absolute Gasteiger partial charge is 0.508 e. The molecule has 0 aliphatic carbocycles. The smallest absolute Gasteiger partial charge is 0.328 e. The number of carbonyl (C=O) groups is 8. The van der Waals surface area contributed by atoms with Crippen LogP contribution in [0.5, 0.6) is 5.75 Å². The maximum atomic E-state index is 13.9. The van der Waals surface area contributed by atoms with Crippen molar-refractivity contribution in [2.75, 3.05) is 0 Å². The highest BCUT2D eigenvalue weighted by Gasteiger charge is 2.36. The predicted molar refractivity (Wildman–Crippen MR) is 222 cm³/mol. The second-order valence-electron chi connectivity index (χ2n) is 16.9. The van der Waals surface area contributed by atoms with Crippen molar-refractivity contribution >= 4 is 47.3 Å². The molecule has 19 nitrogen and oxygen atoms in total. The van der Waals surface area contributed by atoms with Gasteiger partial charge in [0, 0.05) is 6.42 Å². The van der Waals surface area contributed by atoms with E-state index in [1.54, 1.807) is 53.7 Å². The Hall–Kier alpha value is -5.30. The highest BCUT2D eigenvalue weighted by atomic mass is 16.4. The van der Waals surface area contributed by atoms with Crippen molar-refractivity contribution in [1.29, 1.82) is 0 Å². The molecule has 0 heterocycles. The van der Waals surface area contributed by atoms with E-state index in [1.807, 2.05) is 13.8 Å². The first-order chi connectivity index (χ1) is 27.8. The second-order valence-corrected chi connectivity index (χ2v) is 16.9. The van der Waals surface area contributed by atoms with Gasteiger partial charge in [0.2, 0.25) is 41.4 Å². The lowest BCUT2D eigenvalue weighted by Gasteiger charge is -2.30. The summed E-state index contributed by atoms with van der Waals surface area (Å²) in [5, 5.41) is 44.3. The summed E-state index contributed by atoms with van der Waals surface area (Å²) in [6, 6.07) is -2.81. The molecule has 8 atom stereocenters. The minimum atomic E-state index is -1.64.